The van der Waals surface area contributed by atoms with Crippen molar-refractivity contribution in [3.8, 4) is 6.07 Å². The molecular formula is C11H15N. The maximum Gasteiger partial charge on any atom is 0.0994 e. The van der Waals surface area contributed by atoms with Crippen LogP contribution >= 0.6 is 0 Å². The van der Waals surface area contributed by atoms with Crippen LogP contribution in [0, 0.1) is 18.3 Å². The summed E-state index contributed by atoms with van der Waals surface area (Å²) in [6, 6.07) is 9.63. The molecule has 0 spiro atoms. The maximum atomic E-state index is 8.47. The minimum absolute atomic E-state index is 0.762. The van der Waals surface area contributed by atoms with E-state index in [9.17, 15) is 0 Å². The predicted molar refractivity (Wildman–Crippen MR) is 51.9 cm³/mol. The van der Waals surface area contributed by atoms with Gasteiger partial charge >= 0.3 is 0 Å². The fourth-order valence-corrected chi connectivity index (χ4v) is 0.698. The number of hydrogen-bond donors (Lipinski definition) is 0. The second-order valence-electron chi connectivity index (χ2n) is 2.63. The van der Waals surface area contributed by atoms with Gasteiger partial charge < -0.3 is 0 Å². The fourth-order valence-electron chi connectivity index (χ4n) is 0.698. The number of aryl methyl sites for hydroxylation is 1. The Morgan fingerprint density at radius 1 is 1.25 bits per heavy atom. The van der Waals surface area contributed by atoms with Gasteiger partial charge in [0.15, 0.2) is 0 Å². The summed E-state index contributed by atoms with van der Waals surface area (Å²) >= 11 is 0. The standard InChI is InChI=1S/C8H7N.C3H8/c1-7-4-2-3-5-8(7)6-9;1-3-2/h2-5H,1H3;3H2,1-2H3. The molecule has 0 N–H and O–H groups in total. The SMILES string of the molecule is CCC.Cc1ccccc1C#N. The van der Waals surface area contributed by atoms with Gasteiger partial charge in [0.05, 0.1) is 11.6 Å². The molecule has 0 amide bonds. The Morgan fingerprint density at radius 3 is 2.08 bits per heavy atom. The number of nitrogens with zero attached hydrogens (tertiary/aromatic N) is 1. The molecule has 1 rings (SSSR count). The van der Waals surface area contributed by atoms with Gasteiger partial charge in [0.1, 0.15) is 0 Å². The Hall–Kier alpha value is -1.29. The highest BCUT2D eigenvalue weighted by Gasteiger charge is 1.89. The van der Waals surface area contributed by atoms with E-state index in [-0.39, 0.29) is 0 Å². The first kappa shape index (κ1) is 10.7. The highest BCUT2D eigenvalue weighted by atomic mass is 14.2. The van der Waals surface area contributed by atoms with Gasteiger partial charge in [0, 0.05) is 0 Å². The monoisotopic (exact) mass is 161 g/mol. The van der Waals surface area contributed by atoms with Crippen molar-refractivity contribution in [3.63, 3.8) is 0 Å². The molecule has 0 saturated heterocycles. The summed E-state index contributed by atoms with van der Waals surface area (Å²) in [5.41, 5.74) is 1.80. The third-order valence-electron chi connectivity index (χ3n) is 1.27. The van der Waals surface area contributed by atoms with E-state index in [0.29, 0.717) is 0 Å². The van der Waals surface area contributed by atoms with Gasteiger partial charge in [-0.15, -0.1) is 0 Å². The van der Waals surface area contributed by atoms with E-state index in [2.05, 4.69) is 19.9 Å². The van der Waals surface area contributed by atoms with E-state index in [1.54, 1.807) is 0 Å². The molecule has 0 fully saturated rings. The molecule has 1 heteroatoms. The van der Waals surface area contributed by atoms with Crippen LogP contribution in [0.2, 0.25) is 0 Å². The Kier molecular flexibility index (Phi) is 5.73. The van der Waals surface area contributed by atoms with Gasteiger partial charge in [-0.1, -0.05) is 38.5 Å². The average Bonchev–Trinajstić information content (AvgIpc) is 2.07. The summed E-state index contributed by atoms with van der Waals surface area (Å²) in [5, 5.41) is 8.47. The lowest BCUT2D eigenvalue weighted by Crippen LogP contribution is -1.77. The first-order chi connectivity index (χ1) is 5.76. The number of benzene rings is 1. The molecule has 0 bridgehead atoms. The van der Waals surface area contributed by atoms with Gasteiger partial charge in [-0.25, -0.2) is 0 Å². The van der Waals surface area contributed by atoms with Crippen LogP contribution in [0.1, 0.15) is 31.4 Å². The van der Waals surface area contributed by atoms with Crippen LogP contribution in [-0.2, 0) is 0 Å². The van der Waals surface area contributed by atoms with Crippen molar-refractivity contribution in [3.05, 3.63) is 35.4 Å². The fraction of sp³-hybridized carbons (Fsp3) is 0.364. The summed E-state index contributed by atoms with van der Waals surface area (Å²) in [4.78, 5) is 0. The second kappa shape index (κ2) is 6.42. The van der Waals surface area contributed by atoms with Crippen LogP contribution in [0.4, 0.5) is 0 Å². The third-order valence-corrected chi connectivity index (χ3v) is 1.27. The van der Waals surface area contributed by atoms with Gasteiger partial charge in [-0.2, -0.15) is 5.26 Å². The van der Waals surface area contributed by atoms with E-state index in [1.807, 2.05) is 31.2 Å². The molecule has 0 radical (unpaired) electrons. The molecule has 0 atom stereocenters. The van der Waals surface area contributed by atoms with Crippen molar-refractivity contribution in [2.24, 2.45) is 0 Å². The Bertz CT molecular complexity index is 258. The summed E-state index contributed by atoms with van der Waals surface area (Å²) in [6.07, 6.45) is 1.25. The lowest BCUT2D eigenvalue weighted by atomic mass is 10.1. The first-order valence-corrected chi connectivity index (χ1v) is 4.22. The van der Waals surface area contributed by atoms with E-state index < -0.39 is 0 Å². The Morgan fingerprint density at radius 2 is 1.75 bits per heavy atom. The minimum atomic E-state index is 0.762. The van der Waals surface area contributed by atoms with Crippen LogP contribution in [0.5, 0.6) is 0 Å². The van der Waals surface area contributed by atoms with Crippen molar-refractivity contribution in [2.75, 3.05) is 0 Å². The molecule has 0 aromatic heterocycles. The van der Waals surface area contributed by atoms with Gasteiger partial charge in [0.2, 0.25) is 0 Å². The van der Waals surface area contributed by atoms with Crippen LogP contribution < -0.4 is 0 Å². The highest BCUT2D eigenvalue weighted by molar-refractivity contribution is 5.35. The van der Waals surface area contributed by atoms with E-state index in [0.717, 1.165) is 11.1 Å². The molecule has 0 saturated carbocycles. The van der Waals surface area contributed by atoms with Crippen molar-refractivity contribution >= 4 is 0 Å². The van der Waals surface area contributed by atoms with Crippen molar-refractivity contribution in [2.45, 2.75) is 27.2 Å². The molecule has 12 heavy (non-hydrogen) atoms. The van der Waals surface area contributed by atoms with Crippen molar-refractivity contribution in [1.29, 1.82) is 5.26 Å². The Balaban J connectivity index is 0.000000354. The number of hydrogen-bond acceptors (Lipinski definition) is 1. The van der Waals surface area contributed by atoms with E-state index >= 15 is 0 Å². The minimum Gasteiger partial charge on any atom is -0.192 e. The third kappa shape index (κ3) is 3.78. The van der Waals surface area contributed by atoms with Crippen LogP contribution in [-0.4, -0.2) is 0 Å². The van der Waals surface area contributed by atoms with Gasteiger partial charge in [0.25, 0.3) is 0 Å². The zero-order valence-electron chi connectivity index (χ0n) is 7.96. The van der Waals surface area contributed by atoms with Crippen LogP contribution in [0.15, 0.2) is 24.3 Å². The molecule has 0 heterocycles. The summed E-state index contributed by atoms with van der Waals surface area (Å²) in [7, 11) is 0. The van der Waals surface area contributed by atoms with Gasteiger partial charge in [-0.3, -0.25) is 0 Å². The molecule has 1 aromatic carbocycles. The molecular weight excluding hydrogens is 146 g/mol. The molecule has 1 nitrogen and oxygen atoms in total. The number of rotatable bonds is 0. The molecule has 0 aliphatic heterocycles. The predicted octanol–water partition coefficient (Wildman–Crippen LogP) is 3.28. The molecule has 0 unspecified atom stereocenters. The van der Waals surface area contributed by atoms with Crippen LogP contribution in [0.3, 0.4) is 0 Å². The maximum absolute atomic E-state index is 8.47. The highest BCUT2D eigenvalue weighted by Crippen LogP contribution is 2.03. The summed E-state index contributed by atoms with van der Waals surface area (Å²) in [6.45, 7) is 6.18. The first-order valence-electron chi connectivity index (χ1n) is 4.22. The van der Waals surface area contributed by atoms with E-state index in [1.165, 1.54) is 6.42 Å². The Labute approximate surface area is 74.7 Å². The average molecular weight is 161 g/mol. The molecule has 64 valence electrons. The normalized spacial score (nSPS) is 7.83. The summed E-state index contributed by atoms with van der Waals surface area (Å²) < 4.78 is 0. The largest absolute Gasteiger partial charge is 0.192 e. The zero-order chi connectivity index (χ0) is 9.40. The molecule has 0 aliphatic rings. The van der Waals surface area contributed by atoms with Gasteiger partial charge in [-0.05, 0) is 18.6 Å². The van der Waals surface area contributed by atoms with Crippen molar-refractivity contribution in [1.82, 2.24) is 0 Å². The molecule has 0 aliphatic carbocycles. The van der Waals surface area contributed by atoms with Crippen LogP contribution in [0.25, 0.3) is 0 Å². The smallest absolute Gasteiger partial charge is 0.0994 e. The zero-order valence-corrected chi connectivity index (χ0v) is 7.96. The number of nitriles is 1. The second-order valence-corrected chi connectivity index (χ2v) is 2.63. The summed E-state index contributed by atoms with van der Waals surface area (Å²) in [5.74, 6) is 0. The van der Waals surface area contributed by atoms with E-state index in [4.69, 9.17) is 5.26 Å². The molecule has 1 aromatic rings. The lowest BCUT2D eigenvalue weighted by Gasteiger charge is -1.90. The van der Waals surface area contributed by atoms with Crippen molar-refractivity contribution < 1.29 is 0 Å². The quantitative estimate of drug-likeness (QED) is 0.572. The lowest BCUT2D eigenvalue weighted by molar-refractivity contribution is 1.09. The topological polar surface area (TPSA) is 23.8 Å².